The van der Waals surface area contributed by atoms with Crippen LogP contribution in [0.5, 0.6) is 5.75 Å². The lowest BCUT2D eigenvalue weighted by molar-refractivity contribution is -0.139. The summed E-state index contributed by atoms with van der Waals surface area (Å²) in [7, 11) is 0. The molecule has 80 valence electrons. The van der Waals surface area contributed by atoms with Crippen molar-refractivity contribution in [3.63, 3.8) is 0 Å². The zero-order valence-corrected chi connectivity index (χ0v) is 8.61. The SMILES string of the molecule is CC(=O)c1ccc(C)cc1OCC(=O)O. The molecule has 4 nitrogen and oxygen atoms in total. The van der Waals surface area contributed by atoms with E-state index < -0.39 is 12.6 Å². The minimum Gasteiger partial charge on any atom is -0.481 e. The van der Waals surface area contributed by atoms with E-state index in [-0.39, 0.29) is 5.78 Å². The highest BCUT2D eigenvalue weighted by Gasteiger charge is 2.09. The van der Waals surface area contributed by atoms with Gasteiger partial charge in [-0.3, -0.25) is 4.79 Å². The van der Waals surface area contributed by atoms with Crippen LogP contribution in [-0.4, -0.2) is 23.5 Å². The number of hydrogen-bond acceptors (Lipinski definition) is 3. The molecule has 0 saturated heterocycles. The first-order chi connectivity index (χ1) is 7.00. The van der Waals surface area contributed by atoms with Crippen LogP contribution in [0.4, 0.5) is 0 Å². The van der Waals surface area contributed by atoms with Crippen molar-refractivity contribution in [2.75, 3.05) is 6.61 Å². The van der Waals surface area contributed by atoms with Gasteiger partial charge in [0.15, 0.2) is 12.4 Å². The van der Waals surface area contributed by atoms with Gasteiger partial charge in [0.2, 0.25) is 0 Å². The van der Waals surface area contributed by atoms with Gasteiger partial charge in [0.05, 0.1) is 5.56 Å². The van der Waals surface area contributed by atoms with Crippen LogP contribution in [0.3, 0.4) is 0 Å². The van der Waals surface area contributed by atoms with Crippen LogP contribution in [0.2, 0.25) is 0 Å². The normalized spacial score (nSPS) is 9.73. The molecule has 1 N–H and O–H groups in total. The molecule has 4 heteroatoms. The number of carboxylic acids is 1. The molecule has 0 amide bonds. The fourth-order valence-electron chi connectivity index (χ4n) is 1.18. The second kappa shape index (κ2) is 4.59. The molecule has 0 aliphatic rings. The highest BCUT2D eigenvalue weighted by molar-refractivity contribution is 5.96. The van der Waals surface area contributed by atoms with Crippen LogP contribution in [0.1, 0.15) is 22.8 Å². The lowest BCUT2D eigenvalue weighted by atomic mass is 10.1. The van der Waals surface area contributed by atoms with Crippen LogP contribution in [0.25, 0.3) is 0 Å². The topological polar surface area (TPSA) is 63.6 Å². The summed E-state index contributed by atoms with van der Waals surface area (Å²) in [5.74, 6) is -0.883. The van der Waals surface area contributed by atoms with Gasteiger partial charge in [-0.15, -0.1) is 0 Å². The van der Waals surface area contributed by atoms with Gasteiger partial charge in [-0.05, 0) is 31.5 Å². The third-order valence-electron chi connectivity index (χ3n) is 1.87. The molecule has 0 heterocycles. The van der Waals surface area contributed by atoms with Gasteiger partial charge in [0.1, 0.15) is 5.75 Å². The largest absolute Gasteiger partial charge is 0.481 e. The van der Waals surface area contributed by atoms with Crippen LogP contribution < -0.4 is 4.74 Å². The molecule has 15 heavy (non-hydrogen) atoms. The molecule has 0 fully saturated rings. The summed E-state index contributed by atoms with van der Waals surface area (Å²) in [6, 6.07) is 5.07. The summed E-state index contributed by atoms with van der Waals surface area (Å²) in [5, 5.41) is 8.46. The van der Waals surface area contributed by atoms with E-state index in [2.05, 4.69) is 0 Å². The second-order valence-corrected chi connectivity index (χ2v) is 3.24. The minimum absolute atomic E-state index is 0.143. The molecule has 0 aromatic heterocycles. The zero-order chi connectivity index (χ0) is 11.4. The third kappa shape index (κ3) is 3.09. The highest BCUT2D eigenvalue weighted by Crippen LogP contribution is 2.20. The second-order valence-electron chi connectivity index (χ2n) is 3.24. The Bertz CT molecular complexity index is 396. The van der Waals surface area contributed by atoms with Crippen molar-refractivity contribution < 1.29 is 19.4 Å². The number of hydrogen-bond donors (Lipinski definition) is 1. The third-order valence-corrected chi connectivity index (χ3v) is 1.87. The Kier molecular flexibility index (Phi) is 3.44. The fourth-order valence-corrected chi connectivity index (χ4v) is 1.18. The summed E-state index contributed by atoms with van der Waals surface area (Å²) in [6.07, 6.45) is 0. The van der Waals surface area contributed by atoms with E-state index >= 15 is 0 Å². The summed E-state index contributed by atoms with van der Waals surface area (Å²) in [6.45, 7) is 2.82. The average Bonchev–Trinajstić information content (AvgIpc) is 2.14. The molecule has 0 atom stereocenters. The number of aryl methyl sites for hydroxylation is 1. The summed E-state index contributed by atoms with van der Waals surface area (Å²) in [5.41, 5.74) is 1.32. The quantitative estimate of drug-likeness (QED) is 0.764. The van der Waals surface area contributed by atoms with Gasteiger partial charge < -0.3 is 9.84 Å². The maximum absolute atomic E-state index is 11.2. The average molecular weight is 208 g/mol. The van der Waals surface area contributed by atoms with Crippen molar-refractivity contribution in [3.05, 3.63) is 29.3 Å². The molecule has 0 aliphatic carbocycles. The number of ether oxygens (including phenoxy) is 1. The Morgan fingerprint density at radius 3 is 2.60 bits per heavy atom. The molecular weight excluding hydrogens is 196 g/mol. The van der Waals surface area contributed by atoms with E-state index in [0.29, 0.717) is 11.3 Å². The number of aliphatic carboxylic acids is 1. The Labute approximate surface area is 87.5 Å². The van der Waals surface area contributed by atoms with Crippen molar-refractivity contribution in [2.24, 2.45) is 0 Å². The maximum Gasteiger partial charge on any atom is 0.341 e. The smallest absolute Gasteiger partial charge is 0.341 e. The van der Waals surface area contributed by atoms with E-state index in [1.807, 2.05) is 6.92 Å². The molecule has 0 radical (unpaired) electrons. The van der Waals surface area contributed by atoms with E-state index in [4.69, 9.17) is 9.84 Å². The van der Waals surface area contributed by atoms with Gasteiger partial charge in [0, 0.05) is 0 Å². The first kappa shape index (κ1) is 11.2. The molecule has 1 aromatic carbocycles. The summed E-state index contributed by atoms with van der Waals surface area (Å²) >= 11 is 0. The predicted molar refractivity (Wildman–Crippen MR) is 54.3 cm³/mol. The maximum atomic E-state index is 11.2. The summed E-state index contributed by atoms with van der Waals surface area (Å²) < 4.78 is 5.02. The number of carbonyl (C=O) groups excluding carboxylic acids is 1. The van der Waals surface area contributed by atoms with Gasteiger partial charge in [-0.2, -0.15) is 0 Å². The van der Waals surface area contributed by atoms with Crippen molar-refractivity contribution in [1.29, 1.82) is 0 Å². The molecule has 0 saturated carbocycles. The standard InChI is InChI=1S/C11H12O4/c1-7-3-4-9(8(2)12)10(5-7)15-6-11(13)14/h3-5H,6H2,1-2H3,(H,13,14). The lowest BCUT2D eigenvalue weighted by Crippen LogP contribution is -2.11. The molecule has 0 aliphatic heterocycles. The zero-order valence-electron chi connectivity index (χ0n) is 8.61. The monoisotopic (exact) mass is 208 g/mol. The summed E-state index contributed by atoms with van der Waals surface area (Å²) in [4.78, 5) is 21.5. The molecule has 0 unspecified atom stereocenters. The number of benzene rings is 1. The Morgan fingerprint density at radius 1 is 1.40 bits per heavy atom. The first-order valence-corrected chi connectivity index (χ1v) is 4.47. The van der Waals surface area contributed by atoms with Crippen molar-refractivity contribution in [1.82, 2.24) is 0 Å². The minimum atomic E-state index is -1.06. The fraction of sp³-hybridized carbons (Fsp3) is 0.273. The molecule has 0 spiro atoms. The predicted octanol–water partition coefficient (Wildman–Crippen LogP) is 1.66. The number of rotatable bonds is 4. The number of carboxylic acid groups (broad SMARTS) is 1. The van der Waals surface area contributed by atoms with Crippen LogP contribution >= 0.6 is 0 Å². The van der Waals surface area contributed by atoms with Gasteiger partial charge in [-0.1, -0.05) is 6.07 Å². The van der Waals surface area contributed by atoms with E-state index in [1.54, 1.807) is 18.2 Å². The molecule has 0 bridgehead atoms. The van der Waals surface area contributed by atoms with E-state index in [1.165, 1.54) is 6.92 Å². The molecule has 1 aromatic rings. The Hall–Kier alpha value is -1.84. The Balaban J connectivity index is 2.96. The van der Waals surface area contributed by atoms with Gasteiger partial charge in [0.25, 0.3) is 0 Å². The number of carbonyl (C=O) groups is 2. The van der Waals surface area contributed by atoms with E-state index in [0.717, 1.165) is 5.56 Å². The van der Waals surface area contributed by atoms with Crippen LogP contribution in [0.15, 0.2) is 18.2 Å². The molecular formula is C11H12O4. The highest BCUT2D eigenvalue weighted by atomic mass is 16.5. The first-order valence-electron chi connectivity index (χ1n) is 4.47. The Morgan fingerprint density at radius 2 is 2.07 bits per heavy atom. The van der Waals surface area contributed by atoms with Crippen molar-refractivity contribution in [2.45, 2.75) is 13.8 Å². The number of Topliss-reactive ketones (excluding diaryl/α,β-unsaturated/α-hetero) is 1. The van der Waals surface area contributed by atoms with Crippen LogP contribution in [-0.2, 0) is 4.79 Å². The van der Waals surface area contributed by atoms with Crippen molar-refractivity contribution >= 4 is 11.8 Å². The number of ketones is 1. The van der Waals surface area contributed by atoms with Crippen molar-refractivity contribution in [3.8, 4) is 5.75 Å². The van der Waals surface area contributed by atoms with Gasteiger partial charge in [-0.25, -0.2) is 4.79 Å². The van der Waals surface area contributed by atoms with Gasteiger partial charge >= 0.3 is 5.97 Å². The van der Waals surface area contributed by atoms with E-state index in [9.17, 15) is 9.59 Å². The molecule has 1 rings (SSSR count). The lowest BCUT2D eigenvalue weighted by Gasteiger charge is -2.08. The van der Waals surface area contributed by atoms with Crippen LogP contribution in [0, 0.1) is 6.92 Å².